The molecule has 18 heavy (non-hydrogen) atoms. The van der Waals surface area contributed by atoms with Gasteiger partial charge in [-0.15, -0.1) is 0 Å². The summed E-state index contributed by atoms with van der Waals surface area (Å²) in [5.74, 6) is 1.49. The third-order valence-corrected chi connectivity index (χ3v) is 3.12. The van der Waals surface area contributed by atoms with Crippen LogP contribution in [-0.2, 0) is 6.54 Å². The molecule has 0 saturated heterocycles. The van der Waals surface area contributed by atoms with Crippen molar-refractivity contribution < 1.29 is 4.74 Å². The molecule has 0 aliphatic rings. The maximum absolute atomic E-state index is 5.95. The summed E-state index contributed by atoms with van der Waals surface area (Å²) in [4.78, 5) is 0. The third kappa shape index (κ3) is 2.91. The summed E-state index contributed by atoms with van der Waals surface area (Å²) in [5, 5.41) is 4.17. The molecule has 1 heterocycles. The minimum atomic E-state index is -0.0845. The number of halogens is 1. The van der Waals surface area contributed by atoms with Crippen LogP contribution in [0, 0.1) is 0 Å². The molecule has 0 bridgehead atoms. The Morgan fingerprint density at radius 2 is 2.28 bits per heavy atom. The number of ether oxygens (including phenoxy) is 1. The van der Waals surface area contributed by atoms with Crippen LogP contribution in [0.25, 0.3) is 0 Å². The molecule has 5 heteroatoms. The van der Waals surface area contributed by atoms with Gasteiger partial charge in [0.05, 0.1) is 12.4 Å². The van der Waals surface area contributed by atoms with Gasteiger partial charge in [0.2, 0.25) is 0 Å². The van der Waals surface area contributed by atoms with E-state index < -0.39 is 0 Å². The molecule has 1 aromatic heterocycles. The minimum Gasteiger partial charge on any atom is -0.454 e. The van der Waals surface area contributed by atoms with Gasteiger partial charge in [0.15, 0.2) is 5.75 Å². The lowest BCUT2D eigenvalue weighted by Gasteiger charge is -2.13. The Morgan fingerprint density at radius 3 is 2.89 bits per heavy atom. The molecule has 0 aliphatic carbocycles. The van der Waals surface area contributed by atoms with Crippen LogP contribution in [0.15, 0.2) is 35.1 Å². The highest BCUT2D eigenvalue weighted by Crippen LogP contribution is 2.31. The van der Waals surface area contributed by atoms with Gasteiger partial charge in [0, 0.05) is 22.6 Å². The molecule has 0 spiro atoms. The van der Waals surface area contributed by atoms with Crippen LogP contribution in [0.1, 0.15) is 25.5 Å². The lowest BCUT2D eigenvalue weighted by Crippen LogP contribution is -2.06. The number of aromatic nitrogens is 2. The molecule has 96 valence electrons. The fraction of sp³-hybridized carbons (Fsp3) is 0.308. The van der Waals surface area contributed by atoms with Crippen molar-refractivity contribution in [3.63, 3.8) is 0 Å². The Balaban J connectivity index is 2.28. The van der Waals surface area contributed by atoms with Gasteiger partial charge in [-0.2, -0.15) is 5.10 Å². The van der Waals surface area contributed by atoms with Crippen LogP contribution < -0.4 is 10.5 Å². The predicted molar refractivity (Wildman–Crippen MR) is 74.7 cm³/mol. The minimum absolute atomic E-state index is 0.0845. The molecule has 0 saturated carbocycles. The first kappa shape index (κ1) is 13.1. The summed E-state index contributed by atoms with van der Waals surface area (Å²) < 4.78 is 8.64. The van der Waals surface area contributed by atoms with E-state index in [4.69, 9.17) is 10.5 Å². The smallest absolute Gasteiger partial charge is 0.165 e. The van der Waals surface area contributed by atoms with Gasteiger partial charge in [-0.1, -0.05) is 15.9 Å². The van der Waals surface area contributed by atoms with Gasteiger partial charge in [-0.3, -0.25) is 4.68 Å². The van der Waals surface area contributed by atoms with Gasteiger partial charge >= 0.3 is 0 Å². The molecular weight excluding hydrogens is 294 g/mol. The SMILES string of the molecule is CCn1cc(Oc2ccc(Br)cc2C(C)N)cn1. The fourth-order valence-electron chi connectivity index (χ4n) is 1.67. The first-order valence-electron chi connectivity index (χ1n) is 5.85. The quantitative estimate of drug-likeness (QED) is 0.940. The number of aryl methyl sites for hydroxylation is 1. The van der Waals surface area contributed by atoms with Crippen molar-refractivity contribution in [3.05, 3.63) is 40.6 Å². The molecule has 0 fully saturated rings. The molecule has 0 aliphatic heterocycles. The van der Waals surface area contributed by atoms with Gasteiger partial charge in [-0.05, 0) is 32.0 Å². The molecule has 1 unspecified atom stereocenters. The zero-order valence-electron chi connectivity index (χ0n) is 10.4. The van der Waals surface area contributed by atoms with Crippen LogP contribution in [0.2, 0.25) is 0 Å². The lowest BCUT2D eigenvalue weighted by molar-refractivity contribution is 0.470. The third-order valence-electron chi connectivity index (χ3n) is 2.62. The maximum Gasteiger partial charge on any atom is 0.165 e. The van der Waals surface area contributed by atoms with Crippen molar-refractivity contribution in [1.29, 1.82) is 0 Å². The number of hydrogen-bond acceptors (Lipinski definition) is 3. The van der Waals surface area contributed by atoms with Gasteiger partial charge in [0.25, 0.3) is 0 Å². The summed E-state index contributed by atoms with van der Waals surface area (Å²) in [6.45, 7) is 4.79. The van der Waals surface area contributed by atoms with Crippen molar-refractivity contribution in [2.24, 2.45) is 5.73 Å². The Bertz CT molecular complexity index is 537. The summed E-state index contributed by atoms with van der Waals surface area (Å²) in [6.07, 6.45) is 3.57. The summed E-state index contributed by atoms with van der Waals surface area (Å²) >= 11 is 3.44. The van der Waals surface area contributed by atoms with Crippen molar-refractivity contribution in [1.82, 2.24) is 9.78 Å². The summed E-state index contributed by atoms with van der Waals surface area (Å²) in [6, 6.07) is 5.74. The van der Waals surface area contributed by atoms with E-state index in [9.17, 15) is 0 Å². The second-order valence-electron chi connectivity index (χ2n) is 4.10. The first-order valence-corrected chi connectivity index (χ1v) is 6.64. The molecule has 2 aromatic rings. The van der Waals surface area contributed by atoms with Crippen molar-refractivity contribution in [2.75, 3.05) is 0 Å². The first-order chi connectivity index (χ1) is 8.60. The normalized spacial score (nSPS) is 12.4. The van der Waals surface area contributed by atoms with Crippen LogP contribution in [0.3, 0.4) is 0 Å². The molecule has 1 aromatic carbocycles. The monoisotopic (exact) mass is 309 g/mol. The van der Waals surface area contributed by atoms with Gasteiger partial charge < -0.3 is 10.5 Å². The standard InChI is InChI=1S/C13H16BrN3O/c1-3-17-8-11(7-16-17)18-13-5-4-10(14)6-12(13)9(2)15/h4-9H,3,15H2,1-2H3. The number of nitrogens with two attached hydrogens (primary N) is 1. The Labute approximate surface area is 115 Å². The molecule has 0 radical (unpaired) electrons. The highest BCUT2D eigenvalue weighted by atomic mass is 79.9. The lowest BCUT2D eigenvalue weighted by atomic mass is 10.1. The number of nitrogens with zero attached hydrogens (tertiary/aromatic N) is 2. The molecule has 2 rings (SSSR count). The molecule has 0 amide bonds. The van der Waals surface area contributed by atoms with Gasteiger partial charge in [0.1, 0.15) is 5.75 Å². The Kier molecular flexibility index (Phi) is 4.04. The van der Waals surface area contributed by atoms with Crippen molar-refractivity contribution in [3.8, 4) is 11.5 Å². The highest BCUT2D eigenvalue weighted by Gasteiger charge is 2.10. The van der Waals surface area contributed by atoms with E-state index in [2.05, 4.69) is 21.0 Å². The molecular formula is C13H16BrN3O. The molecule has 4 nitrogen and oxygen atoms in total. The van der Waals surface area contributed by atoms with E-state index in [1.807, 2.05) is 42.9 Å². The molecule has 2 N–H and O–H groups in total. The molecule has 1 atom stereocenters. The summed E-state index contributed by atoms with van der Waals surface area (Å²) in [7, 11) is 0. The van der Waals surface area contributed by atoms with E-state index >= 15 is 0 Å². The van der Waals surface area contributed by atoms with E-state index in [1.165, 1.54) is 0 Å². The second kappa shape index (κ2) is 5.54. The number of rotatable bonds is 4. The van der Waals surface area contributed by atoms with E-state index in [0.717, 1.165) is 28.1 Å². The van der Waals surface area contributed by atoms with E-state index in [-0.39, 0.29) is 6.04 Å². The number of hydrogen-bond donors (Lipinski definition) is 1. The van der Waals surface area contributed by atoms with Crippen LogP contribution >= 0.6 is 15.9 Å². The average Bonchev–Trinajstić information content (AvgIpc) is 2.79. The maximum atomic E-state index is 5.95. The van der Waals surface area contributed by atoms with Crippen LogP contribution in [0.5, 0.6) is 11.5 Å². The van der Waals surface area contributed by atoms with E-state index in [1.54, 1.807) is 6.20 Å². The summed E-state index contributed by atoms with van der Waals surface area (Å²) in [5.41, 5.74) is 6.91. The van der Waals surface area contributed by atoms with E-state index in [0.29, 0.717) is 0 Å². The zero-order chi connectivity index (χ0) is 13.1. The Hall–Kier alpha value is -1.33. The van der Waals surface area contributed by atoms with Crippen LogP contribution in [0.4, 0.5) is 0 Å². The topological polar surface area (TPSA) is 53.1 Å². The highest BCUT2D eigenvalue weighted by molar-refractivity contribution is 9.10. The van der Waals surface area contributed by atoms with Gasteiger partial charge in [-0.25, -0.2) is 0 Å². The number of benzene rings is 1. The Morgan fingerprint density at radius 1 is 1.50 bits per heavy atom. The average molecular weight is 310 g/mol. The zero-order valence-corrected chi connectivity index (χ0v) is 12.0. The second-order valence-corrected chi connectivity index (χ2v) is 5.02. The fourth-order valence-corrected chi connectivity index (χ4v) is 2.04. The van der Waals surface area contributed by atoms with Crippen molar-refractivity contribution >= 4 is 15.9 Å². The predicted octanol–water partition coefficient (Wildman–Crippen LogP) is 3.48. The largest absolute Gasteiger partial charge is 0.454 e. The van der Waals surface area contributed by atoms with Crippen molar-refractivity contribution in [2.45, 2.75) is 26.4 Å². The van der Waals surface area contributed by atoms with Crippen LogP contribution in [-0.4, -0.2) is 9.78 Å².